The Morgan fingerprint density at radius 3 is 2.42 bits per heavy atom. The zero-order valence-electron chi connectivity index (χ0n) is 9.75. The van der Waals surface area contributed by atoms with Crippen LogP contribution in [0.5, 0.6) is 0 Å². The maximum atomic E-state index is 12.8. The molecule has 1 aliphatic heterocycles. The van der Waals surface area contributed by atoms with E-state index in [9.17, 15) is 13.2 Å². The van der Waals surface area contributed by atoms with E-state index in [1.54, 1.807) is 17.3 Å². The van der Waals surface area contributed by atoms with E-state index in [1.165, 1.54) is 17.1 Å². The highest BCUT2D eigenvalue weighted by Gasteiger charge is 2.39. The van der Waals surface area contributed by atoms with E-state index in [1.807, 2.05) is 0 Å². The summed E-state index contributed by atoms with van der Waals surface area (Å²) in [6, 6.07) is 2.33. The van der Waals surface area contributed by atoms with E-state index in [0.717, 1.165) is 6.07 Å². The molecule has 5 nitrogen and oxygen atoms in total. The molecule has 0 amide bonds. The molecule has 0 atom stereocenters. The van der Waals surface area contributed by atoms with Crippen molar-refractivity contribution < 1.29 is 13.2 Å². The molecular formula is C11H10F3N5. The smallest absolute Gasteiger partial charge is 0.352 e. The molecule has 3 heterocycles. The third kappa shape index (κ3) is 2.13. The predicted octanol–water partition coefficient (Wildman–Crippen LogP) is 1.75. The van der Waals surface area contributed by atoms with Gasteiger partial charge in [-0.05, 0) is 12.1 Å². The van der Waals surface area contributed by atoms with E-state index in [4.69, 9.17) is 0 Å². The van der Waals surface area contributed by atoms with Crippen molar-refractivity contribution in [2.45, 2.75) is 12.2 Å². The number of anilines is 1. The lowest BCUT2D eigenvalue weighted by Gasteiger charge is -2.40. The van der Waals surface area contributed by atoms with Crippen LogP contribution in [0, 0.1) is 0 Å². The molecule has 2 aromatic heterocycles. The summed E-state index contributed by atoms with van der Waals surface area (Å²) in [7, 11) is 0. The molecule has 1 fully saturated rings. The minimum absolute atomic E-state index is 0.00177. The van der Waals surface area contributed by atoms with Gasteiger partial charge < -0.3 is 4.90 Å². The van der Waals surface area contributed by atoms with Crippen LogP contribution >= 0.6 is 0 Å². The Kier molecular flexibility index (Phi) is 2.65. The Morgan fingerprint density at radius 2 is 1.79 bits per heavy atom. The predicted molar refractivity (Wildman–Crippen MR) is 60.5 cm³/mol. The SMILES string of the molecule is FC(F)(F)c1cccnc1N1CC(n2nccn2)C1. The van der Waals surface area contributed by atoms with Gasteiger partial charge in [0, 0.05) is 19.3 Å². The molecule has 0 radical (unpaired) electrons. The third-order valence-corrected chi connectivity index (χ3v) is 3.02. The molecule has 0 N–H and O–H groups in total. The lowest BCUT2D eigenvalue weighted by atomic mass is 10.1. The Bertz CT molecular complexity index is 560. The van der Waals surface area contributed by atoms with Gasteiger partial charge in [-0.2, -0.15) is 28.2 Å². The molecule has 19 heavy (non-hydrogen) atoms. The number of alkyl halides is 3. The standard InChI is InChI=1S/C11H10F3N5/c12-11(13,14)9-2-1-3-15-10(9)18-6-8(7-18)19-16-4-5-17-19/h1-5,8H,6-7H2. The Balaban J connectivity index is 1.79. The molecule has 0 spiro atoms. The van der Waals surface area contributed by atoms with Crippen LogP contribution < -0.4 is 4.90 Å². The number of pyridine rings is 1. The van der Waals surface area contributed by atoms with Crippen molar-refractivity contribution >= 4 is 5.82 Å². The number of aromatic nitrogens is 4. The minimum atomic E-state index is -4.39. The molecule has 0 aromatic carbocycles. The van der Waals surface area contributed by atoms with Crippen molar-refractivity contribution in [1.82, 2.24) is 20.0 Å². The normalized spacial score (nSPS) is 16.5. The van der Waals surface area contributed by atoms with Gasteiger partial charge >= 0.3 is 6.18 Å². The summed E-state index contributed by atoms with van der Waals surface area (Å²) in [4.78, 5) is 6.93. The lowest BCUT2D eigenvalue weighted by molar-refractivity contribution is -0.137. The van der Waals surface area contributed by atoms with Gasteiger partial charge in [-0.3, -0.25) is 0 Å². The maximum absolute atomic E-state index is 12.8. The molecule has 0 bridgehead atoms. The fourth-order valence-corrected chi connectivity index (χ4v) is 2.06. The van der Waals surface area contributed by atoms with Gasteiger partial charge in [-0.1, -0.05) is 0 Å². The van der Waals surface area contributed by atoms with Gasteiger partial charge in [0.2, 0.25) is 0 Å². The van der Waals surface area contributed by atoms with Crippen molar-refractivity contribution in [3.63, 3.8) is 0 Å². The molecule has 100 valence electrons. The zero-order valence-corrected chi connectivity index (χ0v) is 9.75. The number of hydrogen-bond acceptors (Lipinski definition) is 4. The summed E-state index contributed by atoms with van der Waals surface area (Å²) < 4.78 is 38.5. The zero-order chi connectivity index (χ0) is 13.5. The van der Waals surface area contributed by atoms with Crippen LogP contribution in [0.15, 0.2) is 30.7 Å². The highest BCUT2D eigenvalue weighted by Crippen LogP contribution is 2.37. The van der Waals surface area contributed by atoms with Gasteiger partial charge in [0.15, 0.2) is 0 Å². The van der Waals surface area contributed by atoms with Crippen LogP contribution in [0.25, 0.3) is 0 Å². The number of hydrogen-bond donors (Lipinski definition) is 0. The summed E-state index contributed by atoms with van der Waals surface area (Å²) in [6.07, 6.45) is 0.0673. The van der Waals surface area contributed by atoms with Crippen molar-refractivity contribution in [3.8, 4) is 0 Å². The van der Waals surface area contributed by atoms with Gasteiger partial charge in [0.05, 0.1) is 18.0 Å². The third-order valence-electron chi connectivity index (χ3n) is 3.02. The lowest BCUT2D eigenvalue weighted by Crippen LogP contribution is -2.49. The Labute approximate surface area is 106 Å². The maximum Gasteiger partial charge on any atom is 0.419 e. The van der Waals surface area contributed by atoms with E-state index < -0.39 is 11.7 Å². The Morgan fingerprint density at radius 1 is 1.11 bits per heavy atom. The summed E-state index contributed by atoms with van der Waals surface area (Å²) in [5, 5.41) is 7.95. The van der Waals surface area contributed by atoms with Gasteiger partial charge in [-0.15, -0.1) is 0 Å². The van der Waals surface area contributed by atoms with Crippen LogP contribution in [0.2, 0.25) is 0 Å². The first-order valence-electron chi connectivity index (χ1n) is 5.68. The average molecular weight is 269 g/mol. The summed E-state index contributed by atoms with van der Waals surface area (Å²) >= 11 is 0. The van der Waals surface area contributed by atoms with Crippen molar-refractivity contribution in [3.05, 3.63) is 36.3 Å². The number of halogens is 3. The first kappa shape index (κ1) is 11.9. The second-order valence-corrected chi connectivity index (χ2v) is 4.28. The second kappa shape index (κ2) is 4.22. The number of rotatable bonds is 2. The summed E-state index contributed by atoms with van der Waals surface area (Å²) in [6.45, 7) is 0.851. The van der Waals surface area contributed by atoms with Crippen molar-refractivity contribution in [2.24, 2.45) is 0 Å². The first-order chi connectivity index (χ1) is 9.05. The topological polar surface area (TPSA) is 46.8 Å². The van der Waals surface area contributed by atoms with Crippen LogP contribution in [0.4, 0.5) is 19.0 Å². The molecule has 0 aliphatic carbocycles. The van der Waals surface area contributed by atoms with E-state index in [-0.39, 0.29) is 11.9 Å². The molecule has 1 aliphatic rings. The van der Waals surface area contributed by atoms with Crippen LogP contribution in [-0.2, 0) is 6.18 Å². The Hall–Kier alpha value is -2.12. The molecule has 1 saturated heterocycles. The fourth-order valence-electron chi connectivity index (χ4n) is 2.06. The summed E-state index contributed by atoms with van der Waals surface area (Å²) in [5.74, 6) is -0.0293. The van der Waals surface area contributed by atoms with Crippen molar-refractivity contribution in [2.75, 3.05) is 18.0 Å². The van der Waals surface area contributed by atoms with Gasteiger partial charge in [0.1, 0.15) is 11.9 Å². The van der Waals surface area contributed by atoms with Crippen LogP contribution in [0.3, 0.4) is 0 Å². The quantitative estimate of drug-likeness (QED) is 0.833. The average Bonchev–Trinajstić information content (AvgIpc) is 2.80. The van der Waals surface area contributed by atoms with E-state index >= 15 is 0 Å². The highest BCUT2D eigenvalue weighted by molar-refractivity contribution is 5.50. The molecule has 0 unspecified atom stereocenters. The molecule has 0 saturated carbocycles. The second-order valence-electron chi connectivity index (χ2n) is 4.28. The van der Waals surface area contributed by atoms with E-state index in [0.29, 0.717) is 13.1 Å². The number of nitrogens with zero attached hydrogens (tertiary/aromatic N) is 5. The molecular weight excluding hydrogens is 259 g/mol. The van der Waals surface area contributed by atoms with Crippen molar-refractivity contribution in [1.29, 1.82) is 0 Å². The van der Waals surface area contributed by atoms with Crippen LogP contribution in [0.1, 0.15) is 11.6 Å². The fraction of sp³-hybridized carbons (Fsp3) is 0.364. The van der Waals surface area contributed by atoms with Gasteiger partial charge in [-0.25, -0.2) is 4.98 Å². The van der Waals surface area contributed by atoms with Gasteiger partial charge in [0.25, 0.3) is 0 Å². The molecule has 3 rings (SSSR count). The highest BCUT2D eigenvalue weighted by atomic mass is 19.4. The molecule has 2 aromatic rings. The largest absolute Gasteiger partial charge is 0.419 e. The minimum Gasteiger partial charge on any atom is -0.352 e. The van der Waals surface area contributed by atoms with E-state index in [2.05, 4.69) is 15.2 Å². The first-order valence-corrected chi connectivity index (χ1v) is 5.68. The summed E-state index contributed by atoms with van der Waals surface area (Å²) in [5.41, 5.74) is -0.707. The van der Waals surface area contributed by atoms with Crippen LogP contribution in [-0.4, -0.2) is 33.1 Å². The molecule has 8 heteroatoms. The monoisotopic (exact) mass is 269 g/mol.